The lowest BCUT2D eigenvalue weighted by Gasteiger charge is -2.09. The van der Waals surface area contributed by atoms with Crippen molar-refractivity contribution < 1.29 is 57.6 Å². The van der Waals surface area contributed by atoms with E-state index in [1.54, 1.807) is 0 Å². The molecule has 14 nitrogen and oxygen atoms in total. The minimum absolute atomic E-state index is 0.00417. The number of benzene rings is 1. The Morgan fingerprint density at radius 1 is 0.676 bits per heavy atom. The van der Waals surface area contributed by atoms with Gasteiger partial charge in [-0.2, -0.15) is 0 Å². The van der Waals surface area contributed by atoms with Gasteiger partial charge in [0.15, 0.2) is 0 Å². The maximum absolute atomic E-state index is 11.3. The summed E-state index contributed by atoms with van der Waals surface area (Å²) in [6, 6.07) is 5.82. The van der Waals surface area contributed by atoms with E-state index in [9.17, 15) is 24.5 Å². The highest BCUT2D eigenvalue weighted by molar-refractivity contribution is 6.32. The first-order valence-corrected chi connectivity index (χ1v) is 11.6. The largest absolute Gasteiger partial charge is 0.491 e. The highest BCUT2D eigenvalue weighted by Crippen LogP contribution is 2.17. The maximum atomic E-state index is 11.3. The number of esters is 1. The van der Waals surface area contributed by atoms with Crippen LogP contribution in [0.15, 0.2) is 24.3 Å². The molecular weight excluding hydrogens is 498 g/mol. The van der Waals surface area contributed by atoms with Crippen molar-refractivity contribution >= 4 is 23.4 Å². The zero-order valence-corrected chi connectivity index (χ0v) is 20.5. The minimum atomic E-state index is -1.57. The van der Waals surface area contributed by atoms with Crippen molar-refractivity contribution in [3.8, 4) is 5.75 Å². The van der Waals surface area contributed by atoms with Crippen LogP contribution < -0.4 is 4.74 Å². The Morgan fingerprint density at radius 3 is 1.54 bits per heavy atom. The van der Waals surface area contributed by atoms with E-state index in [-0.39, 0.29) is 25.3 Å². The highest BCUT2D eigenvalue weighted by Gasteiger charge is 2.14. The standard InChI is InChI=1S/C23H33NO13/c25-21(23(27)28)5-6-22(26)37-18-16-35-14-12-33-10-8-31-7-9-32-11-13-34-15-17-36-20-3-1-19(2-4-20)24(29)30/h1-4H,5-18H2,(H,27,28). The van der Waals surface area contributed by atoms with E-state index in [2.05, 4.69) is 0 Å². The molecule has 0 saturated carbocycles. The number of hydrogen-bond donors (Lipinski definition) is 1. The zero-order valence-electron chi connectivity index (χ0n) is 20.5. The van der Waals surface area contributed by atoms with E-state index in [0.29, 0.717) is 71.8 Å². The fourth-order valence-electron chi connectivity index (χ4n) is 2.47. The van der Waals surface area contributed by atoms with Crippen molar-refractivity contribution in [2.24, 2.45) is 0 Å². The van der Waals surface area contributed by atoms with Crippen molar-refractivity contribution in [2.45, 2.75) is 12.8 Å². The lowest BCUT2D eigenvalue weighted by molar-refractivity contribution is -0.384. The second-order valence-electron chi connectivity index (χ2n) is 7.11. The topological polar surface area (TPSA) is 179 Å². The molecule has 0 aliphatic carbocycles. The number of ether oxygens (including phenoxy) is 7. The summed E-state index contributed by atoms with van der Waals surface area (Å²) in [5, 5.41) is 19.0. The van der Waals surface area contributed by atoms with Gasteiger partial charge in [0.2, 0.25) is 5.78 Å². The number of Topliss-reactive ketones (excluding diaryl/α,β-unsaturated/α-hetero) is 1. The maximum Gasteiger partial charge on any atom is 0.372 e. The van der Waals surface area contributed by atoms with Crippen LogP contribution >= 0.6 is 0 Å². The van der Waals surface area contributed by atoms with Crippen LogP contribution in [-0.2, 0) is 42.8 Å². The third-order valence-electron chi connectivity index (χ3n) is 4.32. The van der Waals surface area contributed by atoms with Gasteiger partial charge in [-0.15, -0.1) is 0 Å². The number of hydrogen-bond acceptors (Lipinski definition) is 12. The summed E-state index contributed by atoms with van der Waals surface area (Å²) in [5.74, 6) is -2.73. The summed E-state index contributed by atoms with van der Waals surface area (Å²) in [6.45, 7) is 3.89. The normalized spacial score (nSPS) is 10.7. The smallest absolute Gasteiger partial charge is 0.372 e. The van der Waals surface area contributed by atoms with Crippen molar-refractivity contribution in [3.63, 3.8) is 0 Å². The van der Waals surface area contributed by atoms with Crippen LogP contribution in [0.4, 0.5) is 5.69 Å². The fraction of sp³-hybridized carbons (Fsp3) is 0.609. The van der Waals surface area contributed by atoms with Gasteiger partial charge in [-0.05, 0) is 12.1 Å². The Hall–Kier alpha value is -3.17. The lowest BCUT2D eigenvalue weighted by Crippen LogP contribution is -2.17. The number of carbonyl (C=O) groups is 3. The molecule has 0 fully saturated rings. The van der Waals surface area contributed by atoms with Gasteiger partial charge in [0.25, 0.3) is 5.69 Å². The van der Waals surface area contributed by atoms with Gasteiger partial charge in [0, 0.05) is 18.6 Å². The predicted molar refractivity (Wildman–Crippen MR) is 126 cm³/mol. The van der Waals surface area contributed by atoms with Crippen molar-refractivity contribution in [1.29, 1.82) is 0 Å². The molecular formula is C23H33NO13. The summed E-state index contributed by atoms with van der Waals surface area (Å²) in [5.41, 5.74) is 0.00720. The molecule has 0 radical (unpaired) electrons. The van der Waals surface area contributed by atoms with Gasteiger partial charge in [0.1, 0.15) is 19.0 Å². The number of nitrogens with zero attached hydrogens (tertiary/aromatic N) is 1. The molecule has 1 aromatic carbocycles. The molecule has 0 unspecified atom stereocenters. The molecule has 0 spiro atoms. The van der Waals surface area contributed by atoms with Crippen molar-refractivity contribution in [1.82, 2.24) is 0 Å². The fourth-order valence-corrected chi connectivity index (χ4v) is 2.47. The van der Waals surface area contributed by atoms with Crippen molar-refractivity contribution in [2.75, 3.05) is 79.3 Å². The number of carbonyl (C=O) groups excluding carboxylic acids is 2. The minimum Gasteiger partial charge on any atom is -0.491 e. The molecule has 0 amide bonds. The average molecular weight is 532 g/mol. The van der Waals surface area contributed by atoms with Gasteiger partial charge in [0.05, 0.1) is 77.4 Å². The first kappa shape index (κ1) is 31.9. The Morgan fingerprint density at radius 2 is 1.11 bits per heavy atom. The number of carboxylic acid groups (broad SMARTS) is 1. The number of nitro groups is 1. The summed E-state index contributed by atoms with van der Waals surface area (Å²) >= 11 is 0. The Labute approximate surface area is 213 Å². The monoisotopic (exact) mass is 531 g/mol. The molecule has 1 rings (SSSR count). The van der Waals surface area contributed by atoms with E-state index in [4.69, 9.17) is 38.3 Å². The van der Waals surface area contributed by atoms with Crippen LogP contribution in [0.25, 0.3) is 0 Å². The number of non-ortho nitro benzene ring substituents is 1. The Balaban J connectivity index is 1.77. The van der Waals surface area contributed by atoms with Crippen LogP contribution in [0.5, 0.6) is 5.75 Å². The first-order valence-electron chi connectivity index (χ1n) is 11.6. The van der Waals surface area contributed by atoms with Crippen LogP contribution in [0.3, 0.4) is 0 Å². The summed E-state index contributed by atoms with van der Waals surface area (Å²) in [4.78, 5) is 42.6. The Kier molecular flexibility index (Phi) is 18.1. The molecule has 37 heavy (non-hydrogen) atoms. The third kappa shape index (κ3) is 17.8. The van der Waals surface area contributed by atoms with Gasteiger partial charge >= 0.3 is 11.9 Å². The molecule has 0 saturated heterocycles. The molecule has 0 atom stereocenters. The van der Waals surface area contributed by atoms with Gasteiger partial charge in [-0.1, -0.05) is 0 Å². The average Bonchev–Trinajstić information content (AvgIpc) is 2.88. The van der Waals surface area contributed by atoms with Crippen LogP contribution in [0.1, 0.15) is 12.8 Å². The van der Waals surface area contributed by atoms with Crippen LogP contribution in [0.2, 0.25) is 0 Å². The van der Waals surface area contributed by atoms with E-state index in [1.165, 1.54) is 24.3 Å². The van der Waals surface area contributed by atoms with Gasteiger partial charge < -0.3 is 38.3 Å². The number of nitro benzene ring substituents is 1. The van der Waals surface area contributed by atoms with E-state index in [1.807, 2.05) is 0 Å². The zero-order chi connectivity index (χ0) is 27.1. The molecule has 208 valence electrons. The number of rotatable bonds is 24. The van der Waals surface area contributed by atoms with Crippen LogP contribution in [-0.4, -0.2) is 107 Å². The number of aliphatic carboxylic acids is 1. The molecule has 0 aliphatic heterocycles. The highest BCUT2D eigenvalue weighted by atomic mass is 16.6. The summed E-state index contributed by atoms with van der Waals surface area (Å²) in [7, 11) is 0. The second-order valence-corrected chi connectivity index (χ2v) is 7.11. The second kappa shape index (κ2) is 21.0. The molecule has 0 aromatic heterocycles. The summed E-state index contributed by atoms with van der Waals surface area (Å²) < 4.78 is 36.9. The molecule has 0 heterocycles. The van der Waals surface area contributed by atoms with Gasteiger partial charge in [-0.25, -0.2) is 4.79 Å². The quantitative estimate of drug-likeness (QED) is 0.0658. The summed E-state index contributed by atoms with van der Waals surface area (Å²) in [6.07, 6.45) is -0.674. The van der Waals surface area contributed by atoms with Crippen LogP contribution in [0, 0.1) is 10.1 Å². The number of carboxylic acids is 1. The molecule has 0 bridgehead atoms. The Bertz CT molecular complexity index is 800. The van der Waals surface area contributed by atoms with E-state index < -0.39 is 29.1 Å². The molecule has 14 heteroatoms. The molecule has 0 aliphatic rings. The molecule has 1 N–H and O–H groups in total. The third-order valence-corrected chi connectivity index (χ3v) is 4.32. The lowest BCUT2D eigenvalue weighted by atomic mass is 10.2. The SMILES string of the molecule is O=C(CCC(=O)C(=O)O)OCCOCCOCCOCCOCCOCCOc1ccc([N+](=O)[O-])cc1. The molecule has 1 aromatic rings. The van der Waals surface area contributed by atoms with E-state index in [0.717, 1.165) is 0 Å². The van der Waals surface area contributed by atoms with Crippen molar-refractivity contribution in [3.05, 3.63) is 34.4 Å². The van der Waals surface area contributed by atoms with Gasteiger partial charge in [-0.3, -0.25) is 19.7 Å². The predicted octanol–water partition coefficient (Wildman–Crippen LogP) is 1.03. The number of ketones is 1. The van der Waals surface area contributed by atoms with E-state index >= 15 is 0 Å². The first-order chi connectivity index (χ1) is 17.9.